The minimum Gasteiger partial charge on any atom is -0.462 e. The molecule has 0 saturated heterocycles. The van der Waals surface area contributed by atoms with E-state index in [0.29, 0.717) is 24.3 Å². The van der Waals surface area contributed by atoms with Gasteiger partial charge < -0.3 is 9.14 Å². The van der Waals surface area contributed by atoms with Crippen LogP contribution in [0.15, 0.2) is 30.5 Å². The zero-order valence-electron chi connectivity index (χ0n) is 13.3. The Balaban J connectivity index is 2.26. The van der Waals surface area contributed by atoms with E-state index in [1.165, 1.54) is 0 Å². The second kappa shape index (κ2) is 7.78. The molecule has 4 heteroatoms. The third kappa shape index (κ3) is 3.56. The first-order valence-corrected chi connectivity index (χ1v) is 7.99. The summed E-state index contributed by atoms with van der Waals surface area (Å²) in [4.78, 5) is 24.5. The van der Waals surface area contributed by atoms with Gasteiger partial charge in [0.25, 0.3) is 0 Å². The van der Waals surface area contributed by atoms with Gasteiger partial charge in [-0.05, 0) is 31.5 Å². The third-order valence-corrected chi connectivity index (χ3v) is 3.71. The minimum absolute atomic E-state index is 0.0767. The van der Waals surface area contributed by atoms with Crippen molar-refractivity contribution in [1.82, 2.24) is 4.40 Å². The van der Waals surface area contributed by atoms with Crippen LogP contribution >= 0.6 is 0 Å². The first kappa shape index (κ1) is 16.3. The highest BCUT2D eigenvalue weighted by Crippen LogP contribution is 2.20. The molecule has 0 N–H and O–H groups in total. The van der Waals surface area contributed by atoms with Crippen molar-refractivity contribution in [3.8, 4) is 0 Å². The molecule has 0 unspecified atom stereocenters. The quantitative estimate of drug-likeness (QED) is 0.415. The van der Waals surface area contributed by atoms with Crippen molar-refractivity contribution < 1.29 is 14.3 Å². The average Bonchev–Trinajstić information content (AvgIpc) is 2.91. The molecule has 0 aliphatic carbocycles. The van der Waals surface area contributed by atoms with Crippen LogP contribution in [0.25, 0.3) is 5.52 Å². The summed E-state index contributed by atoms with van der Waals surface area (Å²) in [7, 11) is 0. The van der Waals surface area contributed by atoms with E-state index < -0.39 is 0 Å². The molecule has 0 saturated carbocycles. The van der Waals surface area contributed by atoms with Crippen LogP contribution in [0.5, 0.6) is 0 Å². The second-order valence-corrected chi connectivity index (χ2v) is 5.35. The number of unbranched alkanes of at least 4 members (excludes halogenated alkanes) is 3. The summed E-state index contributed by atoms with van der Waals surface area (Å²) in [5, 5.41) is 0. The van der Waals surface area contributed by atoms with Gasteiger partial charge in [0.1, 0.15) is 0 Å². The molecule has 2 aromatic rings. The van der Waals surface area contributed by atoms with Crippen LogP contribution < -0.4 is 0 Å². The number of carbonyl (C=O) groups is 2. The van der Waals surface area contributed by atoms with Gasteiger partial charge in [0, 0.05) is 12.6 Å². The fourth-order valence-electron chi connectivity index (χ4n) is 2.58. The van der Waals surface area contributed by atoms with Gasteiger partial charge in [0.05, 0.1) is 23.4 Å². The second-order valence-electron chi connectivity index (χ2n) is 5.35. The lowest BCUT2D eigenvalue weighted by molar-refractivity contribution is 0.0529. The van der Waals surface area contributed by atoms with Crippen LogP contribution in [0.1, 0.15) is 66.8 Å². The molecule has 0 aliphatic heterocycles. The number of hydrogen-bond acceptors (Lipinski definition) is 3. The van der Waals surface area contributed by atoms with E-state index in [0.717, 1.165) is 31.2 Å². The predicted molar refractivity (Wildman–Crippen MR) is 86.4 cm³/mol. The predicted octanol–water partition coefficient (Wildman–Crippen LogP) is 4.27. The number of ether oxygens (including phenoxy) is 1. The number of nitrogens with zero attached hydrogens (tertiary/aromatic N) is 1. The Labute approximate surface area is 131 Å². The highest BCUT2D eigenvalue weighted by molar-refractivity contribution is 6.03. The number of Topliss-reactive ketones (excluding diaryl/α,β-unsaturated/α-hetero) is 1. The molecule has 0 aromatic carbocycles. The third-order valence-electron chi connectivity index (χ3n) is 3.71. The molecular formula is C18H23NO3. The van der Waals surface area contributed by atoms with Crippen LogP contribution in [-0.4, -0.2) is 22.8 Å². The number of hydrogen-bond donors (Lipinski definition) is 0. The highest BCUT2D eigenvalue weighted by Gasteiger charge is 2.19. The molecular weight excluding hydrogens is 278 g/mol. The molecule has 0 fully saturated rings. The van der Waals surface area contributed by atoms with Gasteiger partial charge in [-0.15, -0.1) is 0 Å². The highest BCUT2D eigenvalue weighted by atomic mass is 16.5. The number of ketones is 1. The number of aromatic nitrogens is 1. The van der Waals surface area contributed by atoms with E-state index >= 15 is 0 Å². The number of fused-ring (bicyclic) bond motifs is 1. The Hall–Kier alpha value is -2.10. The Morgan fingerprint density at radius 2 is 1.95 bits per heavy atom. The molecule has 2 aromatic heterocycles. The van der Waals surface area contributed by atoms with Crippen molar-refractivity contribution >= 4 is 17.3 Å². The van der Waals surface area contributed by atoms with E-state index in [4.69, 9.17) is 4.74 Å². The normalized spacial score (nSPS) is 10.8. The summed E-state index contributed by atoms with van der Waals surface area (Å²) in [5.41, 5.74) is 1.74. The zero-order valence-corrected chi connectivity index (χ0v) is 13.3. The number of pyridine rings is 1. The van der Waals surface area contributed by atoms with Gasteiger partial charge in [0.15, 0.2) is 5.78 Å². The standard InChI is InChI=1S/C18H23NO3/c1-3-5-6-7-11-17(20)16-13-14(18(21)22-4-2)15-10-8-9-12-19(15)16/h8-10,12-13H,3-7,11H2,1-2H3. The summed E-state index contributed by atoms with van der Waals surface area (Å²) in [6.07, 6.45) is 6.59. The monoisotopic (exact) mass is 301 g/mol. The van der Waals surface area contributed by atoms with Crippen molar-refractivity contribution in [2.24, 2.45) is 0 Å². The minimum atomic E-state index is -0.378. The smallest absolute Gasteiger partial charge is 0.340 e. The maximum absolute atomic E-state index is 12.4. The fraction of sp³-hybridized carbons (Fsp3) is 0.444. The van der Waals surface area contributed by atoms with Crippen molar-refractivity contribution in [2.75, 3.05) is 6.61 Å². The van der Waals surface area contributed by atoms with Crippen molar-refractivity contribution in [1.29, 1.82) is 0 Å². The maximum atomic E-state index is 12.4. The summed E-state index contributed by atoms with van der Waals surface area (Å²) in [6.45, 7) is 4.24. The average molecular weight is 301 g/mol. The van der Waals surface area contributed by atoms with Crippen molar-refractivity contribution in [3.05, 3.63) is 41.7 Å². The van der Waals surface area contributed by atoms with E-state index in [-0.39, 0.29) is 11.8 Å². The maximum Gasteiger partial charge on any atom is 0.340 e. The van der Waals surface area contributed by atoms with Crippen LogP contribution in [0.3, 0.4) is 0 Å². The molecule has 0 bridgehead atoms. The van der Waals surface area contributed by atoms with Gasteiger partial charge in [-0.25, -0.2) is 4.79 Å². The first-order valence-electron chi connectivity index (χ1n) is 7.99. The fourth-order valence-corrected chi connectivity index (χ4v) is 2.58. The number of rotatable bonds is 8. The molecule has 2 heterocycles. The Bertz CT molecular complexity index is 657. The van der Waals surface area contributed by atoms with Gasteiger partial charge in [-0.2, -0.15) is 0 Å². The van der Waals surface area contributed by atoms with E-state index in [9.17, 15) is 9.59 Å². The molecule has 4 nitrogen and oxygen atoms in total. The molecule has 118 valence electrons. The first-order chi connectivity index (χ1) is 10.7. The van der Waals surface area contributed by atoms with Crippen LogP contribution in [0.4, 0.5) is 0 Å². The van der Waals surface area contributed by atoms with Gasteiger partial charge in [-0.3, -0.25) is 4.79 Å². The largest absolute Gasteiger partial charge is 0.462 e. The van der Waals surface area contributed by atoms with Crippen molar-refractivity contribution in [3.63, 3.8) is 0 Å². The molecule has 0 aliphatic rings. The van der Waals surface area contributed by atoms with E-state index in [1.54, 1.807) is 17.4 Å². The van der Waals surface area contributed by atoms with E-state index in [1.807, 2.05) is 24.4 Å². The summed E-state index contributed by atoms with van der Waals surface area (Å²) < 4.78 is 6.86. The molecule has 22 heavy (non-hydrogen) atoms. The van der Waals surface area contributed by atoms with Crippen LogP contribution in [-0.2, 0) is 4.74 Å². The van der Waals surface area contributed by atoms with Gasteiger partial charge in [-0.1, -0.05) is 32.3 Å². The number of carbonyl (C=O) groups excluding carboxylic acids is 2. The Morgan fingerprint density at radius 1 is 1.14 bits per heavy atom. The Kier molecular flexibility index (Phi) is 5.75. The van der Waals surface area contributed by atoms with Crippen LogP contribution in [0, 0.1) is 0 Å². The number of esters is 1. The SMILES string of the molecule is CCCCCCC(=O)c1cc(C(=O)OCC)c2ccccn12. The van der Waals surface area contributed by atoms with Gasteiger partial charge >= 0.3 is 5.97 Å². The van der Waals surface area contributed by atoms with E-state index in [2.05, 4.69) is 6.92 Å². The lowest BCUT2D eigenvalue weighted by Gasteiger charge is -2.02. The topological polar surface area (TPSA) is 47.8 Å². The van der Waals surface area contributed by atoms with Crippen LogP contribution in [0.2, 0.25) is 0 Å². The Morgan fingerprint density at radius 3 is 2.68 bits per heavy atom. The zero-order chi connectivity index (χ0) is 15.9. The van der Waals surface area contributed by atoms with Gasteiger partial charge in [0.2, 0.25) is 0 Å². The van der Waals surface area contributed by atoms with Crippen molar-refractivity contribution in [2.45, 2.75) is 46.0 Å². The summed E-state index contributed by atoms with van der Waals surface area (Å²) in [5.74, 6) is -0.302. The lowest BCUT2D eigenvalue weighted by Crippen LogP contribution is -2.03. The lowest BCUT2D eigenvalue weighted by atomic mass is 10.1. The molecule has 0 radical (unpaired) electrons. The molecule has 0 atom stereocenters. The summed E-state index contributed by atoms with van der Waals surface area (Å²) >= 11 is 0. The molecule has 0 amide bonds. The molecule has 2 rings (SSSR count). The molecule has 0 spiro atoms. The summed E-state index contributed by atoms with van der Waals surface area (Å²) in [6, 6.07) is 7.21.